The number of rotatable bonds is 4. The molecule has 8 nitrogen and oxygen atoms in total. The number of nitro benzene ring substituents is 1. The van der Waals surface area contributed by atoms with E-state index in [0.717, 1.165) is 16.3 Å². The maximum Gasteiger partial charge on any atom is 0.435 e. The first kappa shape index (κ1) is 20.1. The molecule has 0 fully saturated rings. The lowest BCUT2D eigenvalue weighted by atomic mass is 10.1. The molecular weight excluding hydrogens is 415 g/mol. The summed E-state index contributed by atoms with van der Waals surface area (Å²) in [4.78, 5) is 10.3. The molecular formula is C20H14F3N5O3. The summed E-state index contributed by atoms with van der Waals surface area (Å²) < 4.78 is 41.0. The average molecular weight is 429 g/mol. The standard InChI is InChI=1S/C20H14F3N5O3/c1-11-2-7-18(29)14(8-11)15-9-16(25-24-15)17-10-19(20(21,22)23)26-27(17)12-3-5-13(6-4-12)28(30)31/h2-10,29H,1H3,(H,24,25). The lowest BCUT2D eigenvalue weighted by Crippen LogP contribution is -2.07. The van der Waals surface area contributed by atoms with Crippen molar-refractivity contribution in [1.82, 2.24) is 20.0 Å². The molecule has 0 aliphatic heterocycles. The van der Waals surface area contributed by atoms with Gasteiger partial charge in [-0.1, -0.05) is 11.6 Å². The fourth-order valence-electron chi connectivity index (χ4n) is 3.07. The van der Waals surface area contributed by atoms with Gasteiger partial charge in [0, 0.05) is 17.7 Å². The largest absolute Gasteiger partial charge is 0.507 e. The van der Waals surface area contributed by atoms with Crippen LogP contribution in [0.25, 0.3) is 28.3 Å². The van der Waals surface area contributed by atoms with Crippen LogP contribution in [0.2, 0.25) is 0 Å². The Balaban J connectivity index is 1.83. The third-order valence-electron chi connectivity index (χ3n) is 4.59. The maximum atomic E-state index is 13.3. The normalized spacial score (nSPS) is 11.6. The number of nitro groups is 1. The number of H-pyrrole nitrogens is 1. The molecule has 0 saturated carbocycles. The van der Waals surface area contributed by atoms with Crippen molar-refractivity contribution >= 4 is 5.69 Å². The third-order valence-corrected chi connectivity index (χ3v) is 4.59. The van der Waals surface area contributed by atoms with E-state index < -0.39 is 16.8 Å². The summed E-state index contributed by atoms with van der Waals surface area (Å²) in [6, 6.07) is 12.2. The van der Waals surface area contributed by atoms with Crippen molar-refractivity contribution in [1.29, 1.82) is 0 Å². The smallest absolute Gasteiger partial charge is 0.435 e. The first-order chi connectivity index (χ1) is 14.6. The van der Waals surface area contributed by atoms with Crippen LogP contribution in [0.15, 0.2) is 54.6 Å². The quantitative estimate of drug-likeness (QED) is 0.355. The van der Waals surface area contributed by atoms with Gasteiger partial charge in [-0.25, -0.2) is 4.68 Å². The second-order valence-corrected chi connectivity index (χ2v) is 6.79. The highest BCUT2D eigenvalue weighted by molar-refractivity contribution is 5.72. The number of nitrogens with one attached hydrogen (secondary N) is 1. The van der Waals surface area contributed by atoms with Gasteiger partial charge in [0.1, 0.15) is 5.75 Å². The third kappa shape index (κ3) is 3.84. The number of nitrogens with zero attached hydrogens (tertiary/aromatic N) is 4. The predicted octanol–water partition coefficient (Wildman–Crippen LogP) is 4.87. The first-order valence-electron chi connectivity index (χ1n) is 8.91. The second kappa shape index (κ2) is 7.27. The zero-order valence-electron chi connectivity index (χ0n) is 15.9. The lowest BCUT2D eigenvalue weighted by Gasteiger charge is -2.06. The molecule has 0 amide bonds. The molecule has 0 spiro atoms. The lowest BCUT2D eigenvalue weighted by molar-refractivity contribution is -0.384. The molecule has 2 aromatic carbocycles. The molecule has 2 N–H and O–H groups in total. The van der Waals surface area contributed by atoms with Gasteiger partial charge in [-0.3, -0.25) is 15.2 Å². The van der Waals surface area contributed by atoms with Gasteiger partial charge in [-0.15, -0.1) is 0 Å². The number of non-ortho nitro benzene ring substituents is 1. The number of alkyl halides is 3. The van der Waals surface area contributed by atoms with Gasteiger partial charge in [0.05, 0.1) is 27.7 Å². The summed E-state index contributed by atoms with van der Waals surface area (Å²) in [6.07, 6.45) is -4.70. The monoisotopic (exact) mass is 429 g/mol. The molecule has 0 aliphatic carbocycles. The van der Waals surface area contributed by atoms with E-state index in [1.807, 2.05) is 6.92 Å². The zero-order chi connectivity index (χ0) is 22.3. The molecule has 0 radical (unpaired) electrons. The van der Waals surface area contributed by atoms with Gasteiger partial charge in [-0.2, -0.15) is 23.4 Å². The van der Waals surface area contributed by atoms with E-state index in [2.05, 4.69) is 15.3 Å². The number of hydrogen-bond acceptors (Lipinski definition) is 5. The molecule has 158 valence electrons. The van der Waals surface area contributed by atoms with Crippen LogP contribution in [0.4, 0.5) is 18.9 Å². The number of aromatic nitrogens is 4. The van der Waals surface area contributed by atoms with Crippen molar-refractivity contribution in [3.05, 3.63) is 76.0 Å². The SMILES string of the molecule is Cc1ccc(O)c(-c2cc(-c3cc(C(F)(F)F)nn3-c3ccc([N+](=O)[O-])cc3)[nH]n2)c1. The minimum atomic E-state index is -4.70. The van der Waals surface area contributed by atoms with Crippen molar-refractivity contribution in [2.24, 2.45) is 0 Å². The summed E-state index contributed by atoms with van der Waals surface area (Å²) >= 11 is 0. The summed E-state index contributed by atoms with van der Waals surface area (Å²) in [5.41, 5.74) is 0.756. The average Bonchev–Trinajstić information content (AvgIpc) is 3.36. The number of benzene rings is 2. The van der Waals surface area contributed by atoms with Crippen LogP contribution in [0.5, 0.6) is 5.75 Å². The summed E-state index contributed by atoms with van der Waals surface area (Å²) in [5, 5.41) is 31.4. The minimum Gasteiger partial charge on any atom is -0.507 e. The number of hydrogen-bond donors (Lipinski definition) is 2. The van der Waals surface area contributed by atoms with Crippen molar-refractivity contribution in [2.45, 2.75) is 13.1 Å². The van der Waals surface area contributed by atoms with Crippen LogP contribution in [0.1, 0.15) is 11.3 Å². The number of aromatic amines is 1. The highest BCUT2D eigenvalue weighted by atomic mass is 19.4. The Hall–Kier alpha value is -4.15. The van der Waals surface area contributed by atoms with E-state index in [-0.39, 0.29) is 28.5 Å². The van der Waals surface area contributed by atoms with E-state index in [9.17, 15) is 28.4 Å². The molecule has 2 heterocycles. The van der Waals surface area contributed by atoms with E-state index in [1.54, 1.807) is 12.1 Å². The van der Waals surface area contributed by atoms with E-state index in [0.29, 0.717) is 11.3 Å². The van der Waals surface area contributed by atoms with Crippen LogP contribution in [0.3, 0.4) is 0 Å². The molecule has 2 aromatic heterocycles. The Morgan fingerprint density at radius 3 is 2.45 bits per heavy atom. The Labute approximate surface area is 172 Å². The Bertz CT molecular complexity index is 1280. The fraction of sp³-hybridized carbons (Fsp3) is 0.100. The van der Waals surface area contributed by atoms with Gasteiger partial charge in [0.15, 0.2) is 5.69 Å². The van der Waals surface area contributed by atoms with Crippen LogP contribution < -0.4 is 0 Å². The number of halogens is 3. The topological polar surface area (TPSA) is 110 Å². The second-order valence-electron chi connectivity index (χ2n) is 6.79. The molecule has 4 rings (SSSR count). The summed E-state index contributed by atoms with van der Waals surface area (Å²) in [5.74, 6) is -0.0245. The number of phenols is 1. The van der Waals surface area contributed by atoms with Crippen molar-refractivity contribution < 1.29 is 23.2 Å². The van der Waals surface area contributed by atoms with Gasteiger partial charge < -0.3 is 5.11 Å². The molecule has 0 saturated heterocycles. The molecule has 31 heavy (non-hydrogen) atoms. The van der Waals surface area contributed by atoms with Crippen molar-refractivity contribution in [3.63, 3.8) is 0 Å². The van der Waals surface area contributed by atoms with E-state index in [1.165, 1.54) is 36.4 Å². The van der Waals surface area contributed by atoms with Crippen molar-refractivity contribution in [2.75, 3.05) is 0 Å². The van der Waals surface area contributed by atoms with Gasteiger partial charge in [0.2, 0.25) is 0 Å². The number of aryl methyl sites for hydroxylation is 1. The predicted molar refractivity (Wildman–Crippen MR) is 105 cm³/mol. The minimum absolute atomic E-state index is 0.0245. The molecule has 4 aromatic rings. The van der Waals surface area contributed by atoms with E-state index in [4.69, 9.17) is 0 Å². The Kier molecular flexibility index (Phi) is 4.72. The maximum absolute atomic E-state index is 13.3. The number of phenolic OH excluding ortho intramolecular Hbond substituents is 1. The van der Waals surface area contributed by atoms with Gasteiger partial charge in [-0.05, 0) is 43.3 Å². The molecule has 0 bridgehead atoms. The zero-order valence-corrected chi connectivity index (χ0v) is 15.9. The molecule has 0 aliphatic rings. The highest BCUT2D eigenvalue weighted by Gasteiger charge is 2.35. The van der Waals surface area contributed by atoms with Crippen LogP contribution in [0, 0.1) is 17.0 Å². The van der Waals surface area contributed by atoms with E-state index >= 15 is 0 Å². The first-order valence-corrected chi connectivity index (χ1v) is 8.91. The van der Waals surface area contributed by atoms with Crippen LogP contribution >= 0.6 is 0 Å². The van der Waals surface area contributed by atoms with Gasteiger partial charge in [0.25, 0.3) is 5.69 Å². The summed E-state index contributed by atoms with van der Waals surface area (Å²) in [6.45, 7) is 1.83. The number of aromatic hydroxyl groups is 1. The molecule has 0 atom stereocenters. The Morgan fingerprint density at radius 1 is 1.10 bits per heavy atom. The molecule has 11 heteroatoms. The molecule has 0 unspecified atom stereocenters. The van der Waals surface area contributed by atoms with Crippen molar-refractivity contribution in [3.8, 4) is 34.1 Å². The van der Waals surface area contributed by atoms with Crippen LogP contribution in [-0.4, -0.2) is 30.0 Å². The van der Waals surface area contributed by atoms with Crippen LogP contribution in [-0.2, 0) is 6.18 Å². The Morgan fingerprint density at radius 2 is 1.81 bits per heavy atom. The fourth-order valence-corrected chi connectivity index (χ4v) is 3.07. The van der Waals surface area contributed by atoms with Gasteiger partial charge >= 0.3 is 6.18 Å². The highest BCUT2D eigenvalue weighted by Crippen LogP contribution is 2.35. The summed E-state index contributed by atoms with van der Waals surface area (Å²) in [7, 11) is 0.